The molecule has 0 aromatic carbocycles. The summed E-state index contributed by atoms with van der Waals surface area (Å²) in [7, 11) is 0. The Labute approximate surface area is 107 Å². The van der Waals surface area contributed by atoms with Gasteiger partial charge in [-0.1, -0.05) is 0 Å². The number of nitrogens with zero attached hydrogens (tertiary/aromatic N) is 2. The van der Waals surface area contributed by atoms with Crippen LogP contribution in [0.5, 0.6) is 0 Å². The van der Waals surface area contributed by atoms with Gasteiger partial charge in [-0.3, -0.25) is 0 Å². The monoisotopic (exact) mass is 276 g/mol. The number of hydrogen-bond acceptors (Lipinski definition) is 7. The van der Waals surface area contributed by atoms with E-state index in [1.165, 1.54) is 0 Å². The van der Waals surface area contributed by atoms with Crippen molar-refractivity contribution in [3.63, 3.8) is 0 Å². The summed E-state index contributed by atoms with van der Waals surface area (Å²) in [6, 6.07) is 0. The molecule has 0 fully saturated rings. The van der Waals surface area contributed by atoms with Crippen LogP contribution in [0.2, 0.25) is 0 Å². The predicted octanol–water partition coefficient (Wildman–Crippen LogP) is 1.48. The predicted molar refractivity (Wildman–Crippen MR) is 63.6 cm³/mol. The number of ether oxygens (including phenoxy) is 3. The second-order valence-corrected chi connectivity index (χ2v) is 2.61. The van der Waals surface area contributed by atoms with Crippen LogP contribution in [0.4, 0.5) is 9.59 Å². The van der Waals surface area contributed by atoms with Gasteiger partial charge in [0.1, 0.15) is 13.2 Å². The number of hydrogen-bond donors (Lipinski definition) is 0. The van der Waals surface area contributed by atoms with Crippen LogP contribution >= 0.6 is 24.4 Å². The third-order valence-corrected chi connectivity index (χ3v) is 1.36. The van der Waals surface area contributed by atoms with Gasteiger partial charge in [-0.15, -0.1) is 9.98 Å². The second kappa shape index (κ2) is 11.0. The molecule has 0 aliphatic heterocycles. The van der Waals surface area contributed by atoms with E-state index >= 15 is 0 Å². The van der Waals surface area contributed by atoms with Crippen LogP contribution in [-0.4, -0.2) is 48.9 Å². The molecule has 0 atom stereocenters. The van der Waals surface area contributed by atoms with Gasteiger partial charge in [0.2, 0.25) is 0 Å². The summed E-state index contributed by atoms with van der Waals surface area (Å²) in [6.07, 6.45) is -1.66. The minimum atomic E-state index is -0.828. The van der Waals surface area contributed by atoms with E-state index < -0.39 is 12.2 Å². The van der Waals surface area contributed by atoms with Gasteiger partial charge in [-0.2, -0.15) is 0 Å². The Morgan fingerprint density at radius 3 is 1.65 bits per heavy atom. The fourth-order valence-corrected chi connectivity index (χ4v) is 0.766. The molecule has 0 aromatic rings. The van der Waals surface area contributed by atoms with Crippen molar-refractivity contribution in [3.8, 4) is 0 Å². The third-order valence-electron chi connectivity index (χ3n) is 1.18. The molecule has 0 aliphatic carbocycles. The molecule has 7 nitrogen and oxygen atoms in total. The first kappa shape index (κ1) is 15.5. The molecule has 0 rings (SSSR count). The van der Waals surface area contributed by atoms with Crippen LogP contribution in [0.3, 0.4) is 0 Å². The van der Waals surface area contributed by atoms with E-state index in [4.69, 9.17) is 4.74 Å². The fraction of sp³-hybridized carbons (Fsp3) is 0.500. The molecule has 92 valence electrons. The van der Waals surface area contributed by atoms with Crippen molar-refractivity contribution in [2.24, 2.45) is 9.98 Å². The van der Waals surface area contributed by atoms with Crippen molar-refractivity contribution >= 4 is 46.9 Å². The molecule has 0 aromatic heterocycles. The number of thiocarbonyl (C=S) groups is 2. The van der Waals surface area contributed by atoms with Crippen molar-refractivity contribution in [2.75, 3.05) is 26.4 Å². The van der Waals surface area contributed by atoms with Gasteiger partial charge in [0.15, 0.2) is 0 Å². The van der Waals surface area contributed by atoms with Gasteiger partial charge in [0.05, 0.1) is 23.5 Å². The highest BCUT2D eigenvalue weighted by Gasteiger charge is 1.99. The van der Waals surface area contributed by atoms with E-state index in [9.17, 15) is 9.59 Å². The van der Waals surface area contributed by atoms with E-state index in [2.05, 4.69) is 43.9 Å². The van der Waals surface area contributed by atoms with Crippen LogP contribution in [0.15, 0.2) is 9.98 Å². The quantitative estimate of drug-likeness (QED) is 0.412. The number of carbonyl (C=O) groups excluding carboxylic acids is 2. The van der Waals surface area contributed by atoms with Crippen molar-refractivity contribution in [3.05, 3.63) is 0 Å². The Morgan fingerprint density at radius 1 is 0.882 bits per heavy atom. The summed E-state index contributed by atoms with van der Waals surface area (Å²) in [5, 5.41) is 3.73. The molecule has 0 heterocycles. The molecule has 2 amide bonds. The average molecular weight is 276 g/mol. The second-order valence-electron chi connectivity index (χ2n) is 2.25. The minimum absolute atomic E-state index is 0.0192. The minimum Gasteiger partial charge on any atom is -0.445 e. The molecular formula is C8H8N2O5S2. The van der Waals surface area contributed by atoms with Crippen LogP contribution in [0.1, 0.15) is 0 Å². The summed E-state index contributed by atoms with van der Waals surface area (Å²) < 4.78 is 14.0. The first-order valence-electron chi connectivity index (χ1n) is 4.27. The van der Waals surface area contributed by atoms with E-state index in [0.717, 1.165) is 0 Å². The number of carbonyl (C=O) groups is 2. The van der Waals surface area contributed by atoms with E-state index in [-0.39, 0.29) is 26.4 Å². The smallest absolute Gasteiger partial charge is 0.442 e. The molecule has 0 spiro atoms. The Hall–Kier alpha value is -1.50. The SMILES string of the molecule is O=C(N=C=S)OCCOCCOC(=O)N=C=S. The van der Waals surface area contributed by atoms with E-state index in [1.807, 2.05) is 10.3 Å². The van der Waals surface area contributed by atoms with Gasteiger partial charge < -0.3 is 14.2 Å². The van der Waals surface area contributed by atoms with Crippen molar-refractivity contribution in [2.45, 2.75) is 0 Å². The van der Waals surface area contributed by atoms with Crippen LogP contribution in [0.25, 0.3) is 0 Å². The molecular weight excluding hydrogens is 268 g/mol. The zero-order valence-electron chi connectivity index (χ0n) is 8.58. The number of rotatable bonds is 6. The Balaban J connectivity index is 3.35. The van der Waals surface area contributed by atoms with Gasteiger partial charge in [-0.25, -0.2) is 9.59 Å². The lowest BCUT2D eigenvalue weighted by molar-refractivity contribution is 0.0497. The normalized spacial score (nSPS) is 8.47. The highest BCUT2D eigenvalue weighted by Crippen LogP contribution is 1.86. The molecule has 9 heteroatoms. The van der Waals surface area contributed by atoms with Gasteiger partial charge in [-0.05, 0) is 24.4 Å². The summed E-state index contributed by atoms with van der Waals surface area (Å²) in [6.45, 7) is 0.329. The lowest BCUT2D eigenvalue weighted by Crippen LogP contribution is -2.12. The highest BCUT2D eigenvalue weighted by molar-refractivity contribution is 7.78. The van der Waals surface area contributed by atoms with Crippen LogP contribution in [-0.2, 0) is 14.2 Å². The number of isothiocyanates is 2. The van der Waals surface area contributed by atoms with Gasteiger partial charge in [0.25, 0.3) is 0 Å². The zero-order valence-corrected chi connectivity index (χ0v) is 10.2. The summed E-state index contributed by atoms with van der Waals surface area (Å²) >= 11 is 8.38. The molecule has 0 aliphatic rings. The lowest BCUT2D eigenvalue weighted by atomic mass is 10.7. The maximum absolute atomic E-state index is 10.6. The Kier molecular flexibility index (Phi) is 10.0. The fourth-order valence-electron chi connectivity index (χ4n) is 0.617. The summed E-state index contributed by atoms with van der Waals surface area (Å²) in [4.78, 5) is 27.3. The van der Waals surface area contributed by atoms with E-state index in [0.29, 0.717) is 0 Å². The summed E-state index contributed by atoms with van der Waals surface area (Å²) in [5.74, 6) is 0. The maximum atomic E-state index is 10.6. The van der Waals surface area contributed by atoms with Crippen molar-refractivity contribution in [1.82, 2.24) is 0 Å². The topological polar surface area (TPSA) is 86.5 Å². The first-order valence-corrected chi connectivity index (χ1v) is 5.09. The Bertz CT molecular complexity index is 327. The highest BCUT2D eigenvalue weighted by atomic mass is 32.1. The summed E-state index contributed by atoms with van der Waals surface area (Å²) in [5.41, 5.74) is 0. The first-order chi connectivity index (χ1) is 8.20. The average Bonchev–Trinajstić information content (AvgIpc) is 2.28. The standard InChI is InChI=1S/C8H8N2O5S2/c11-7(9-5-16)14-3-1-13-2-4-15-8(12)10-6-17/h1-4H2. The molecule has 0 saturated heterocycles. The van der Waals surface area contributed by atoms with Crippen molar-refractivity contribution in [1.29, 1.82) is 0 Å². The maximum Gasteiger partial charge on any atom is 0.442 e. The molecule has 0 unspecified atom stereocenters. The molecule has 0 radical (unpaired) electrons. The largest absolute Gasteiger partial charge is 0.445 e. The number of aliphatic imine (C=N–C) groups is 2. The Morgan fingerprint density at radius 2 is 1.29 bits per heavy atom. The number of amides is 2. The van der Waals surface area contributed by atoms with E-state index in [1.54, 1.807) is 0 Å². The lowest BCUT2D eigenvalue weighted by Gasteiger charge is -2.03. The molecule has 0 bridgehead atoms. The molecule has 0 saturated carbocycles. The van der Waals surface area contributed by atoms with Crippen molar-refractivity contribution < 1.29 is 23.8 Å². The zero-order chi connectivity index (χ0) is 12.9. The van der Waals surface area contributed by atoms with Gasteiger partial charge >= 0.3 is 12.2 Å². The van der Waals surface area contributed by atoms with Crippen LogP contribution < -0.4 is 0 Å². The molecule has 0 N–H and O–H groups in total. The molecule has 17 heavy (non-hydrogen) atoms. The van der Waals surface area contributed by atoms with Gasteiger partial charge in [0, 0.05) is 0 Å². The third kappa shape index (κ3) is 10.8. The van der Waals surface area contributed by atoms with Crippen LogP contribution in [0, 0.1) is 0 Å².